The molecule has 3 rings (SSSR count). The predicted octanol–water partition coefficient (Wildman–Crippen LogP) is 4.23. The van der Waals surface area contributed by atoms with Crippen molar-refractivity contribution in [2.24, 2.45) is 0 Å². The maximum atomic E-state index is 12.8. The molecule has 1 heterocycles. The standard InChI is InChI=1S/C20H23N3O3S/c1-4-5-12-26-20-19(21-17-8-6-7-9-18(17)22-20)23-27(24,25)16-11-10-14(2)15(3)13-16/h6-11,13H,4-5,12H2,1-3H3,(H,21,23). The minimum Gasteiger partial charge on any atom is -0.475 e. The topological polar surface area (TPSA) is 81.2 Å². The summed E-state index contributed by atoms with van der Waals surface area (Å²) >= 11 is 0. The highest BCUT2D eigenvalue weighted by Gasteiger charge is 2.20. The molecule has 0 aliphatic rings. The molecule has 0 saturated carbocycles. The predicted molar refractivity (Wildman–Crippen MR) is 107 cm³/mol. The number of hydrogen-bond donors (Lipinski definition) is 1. The molecular formula is C20H23N3O3S. The number of unbranched alkanes of at least 4 members (excludes halogenated alkanes) is 1. The summed E-state index contributed by atoms with van der Waals surface area (Å²) in [5.74, 6) is 0.289. The molecule has 142 valence electrons. The van der Waals surface area contributed by atoms with Crippen LogP contribution >= 0.6 is 0 Å². The average molecular weight is 385 g/mol. The molecule has 0 bridgehead atoms. The summed E-state index contributed by atoms with van der Waals surface area (Å²) in [6.07, 6.45) is 1.81. The van der Waals surface area contributed by atoms with Gasteiger partial charge in [-0.05, 0) is 55.7 Å². The zero-order valence-electron chi connectivity index (χ0n) is 15.7. The van der Waals surface area contributed by atoms with Crippen LogP contribution in [0.2, 0.25) is 0 Å². The summed E-state index contributed by atoms with van der Waals surface area (Å²) in [5.41, 5.74) is 3.18. The Morgan fingerprint density at radius 2 is 1.70 bits per heavy atom. The Labute approximate surface area is 159 Å². The molecule has 3 aromatic rings. The molecule has 1 N–H and O–H groups in total. The van der Waals surface area contributed by atoms with Gasteiger partial charge in [0.2, 0.25) is 5.82 Å². The lowest BCUT2D eigenvalue weighted by Crippen LogP contribution is -2.16. The Morgan fingerprint density at radius 3 is 2.37 bits per heavy atom. The molecule has 2 aromatic carbocycles. The second-order valence-corrected chi connectivity index (χ2v) is 8.10. The van der Waals surface area contributed by atoms with Gasteiger partial charge < -0.3 is 4.74 Å². The van der Waals surface area contributed by atoms with E-state index in [0.717, 1.165) is 24.0 Å². The van der Waals surface area contributed by atoms with Gasteiger partial charge in [0, 0.05) is 0 Å². The van der Waals surface area contributed by atoms with Gasteiger partial charge in [0.25, 0.3) is 15.9 Å². The van der Waals surface area contributed by atoms with E-state index in [2.05, 4.69) is 21.6 Å². The fourth-order valence-electron chi connectivity index (χ4n) is 2.53. The van der Waals surface area contributed by atoms with Crippen LogP contribution in [-0.4, -0.2) is 25.0 Å². The largest absolute Gasteiger partial charge is 0.475 e. The molecule has 7 heteroatoms. The van der Waals surface area contributed by atoms with Crippen molar-refractivity contribution in [2.45, 2.75) is 38.5 Å². The Kier molecular flexibility index (Phi) is 5.60. The molecule has 27 heavy (non-hydrogen) atoms. The van der Waals surface area contributed by atoms with Crippen molar-refractivity contribution in [1.82, 2.24) is 9.97 Å². The number of hydrogen-bond acceptors (Lipinski definition) is 5. The lowest BCUT2D eigenvalue weighted by Gasteiger charge is -2.13. The van der Waals surface area contributed by atoms with Crippen LogP contribution in [0.5, 0.6) is 5.88 Å². The molecule has 0 aliphatic heterocycles. The number of aryl methyl sites for hydroxylation is 2. The number of nitrogens with one attached hydrogen (secondary N) is 1. The number of anilines is 1. The highest BCUT2D eigenvalue weighted by atomic mass is 32.2. The molecule has 0 spiro atoms. The van der Waals surface area contributed by atoms with E-state index >= 15 is 0 Å². The van der Waals surface area contributed by atoms with Gasteiger partial charge in [0.15, 0.2) is 0 Å². The maximum absolute atomic E-state index is 12.8. The molecule has 0 saturated heterocycles. The summed E-state index contributed by atoms with van der Waals surface area (Å²) < 4.78 is 34.0. The van der Waals surface area contributed by atoms with E-state index < -0.39 is 10.0 Å². The normalized spacial score (nSPS) is 11.5. The van der Waals surface area contributed by atoms with Crippen molar-refractivity contribution < 1.29 is 13.2 Å². The van der Waals surface area contributed by atoms with Crippen LogP contribution in [0.3, 0.4) is 0 Å². The molecular weight excluding hydrogens is 362 g/mol. The molecule has 0 radical (unpaired) electrons. The van der Waals surface area contributed by atoms with Gasteiger partial charge in [0.05, 0.1) is 22.5 Å². The SMILES string of the molecule is CCCCOc1nc2ccccc2nc1NS(=O)(=O)c1ccc(C)c(C)c1. The molecule has 6 nitrogen and oxygen atoms in total. The first-order chi connectivity index (χ1) is 12.9. The van der Waals surface area contributed by atoms with Crippen molar-refractivity contribution in [3.05, 3.63) is 53.6 Å². The Balaban J connectivity index is 2.00. The number of sulfonamides is 1. The van der Waals surface area contributed by atoms with E-state index in [1.807, 2.05) is 32.0 Å². The molecule has 1 aromatic heterocycles. The quantitative estimate of drug-likeness (QED) is 0.616. The van der Waals surface area contributed by atoms with E-state index in [1.165, 1.54) is 0 Å². The fraction of sp³-hybridized carbons (Fsp3) is 0.300. The third-order valence-corrected chi connectivity index (χ3v) is 5.63. The zero-order valence-corrected chi connectivity index (χ0v) is 16.5. The van der Waals surface area contributed by atoms with Gasteiger partial charge in [-0.2, -0.15) is 0 Å². The molecule has 0 amide bonds. The highest BCUT2D eigenvalue weighted by molar-refractivity contribution is 7.92. The first kappa shape index (κ1) is 19.1. The van der Waals surface area contributed by atoms with E-state index in [1.54, 1.807) is 24.3 Å². The number of para-hydroxylation sites is 2. The minimum atomic E-state index is -3.81. The van der Waals surface area contributed by atoms with Crippen LogP contribution in [0.15, 0.2) is 47.4 Å². The van der Waals surface area contributed by atoms with Gasteiger partial charge in [-0.1, -0.05) is 31.5 Å². The molecule has 0 fully saturated rings. The Bertz CT molecular complexity index is 1070. The van der Waals surface area contributed by atoms with Crippen LogP contribution in [-0.2, 0) is 10.0 Å². The van der Waals surface area contributed by atoms with Crippen molar-refractivity contribution in [2.75, 3.05) is 11.3 Å². The number of benzene rings is 2. The van der Waals surface area contributed by atoms with Crippen molar-refractivity contribution in [3.63, 3.8) is 0 Å². The van der Waals surface area contributed by atoms with Crippen LogP contribution in [0.25, 0.3) is 11.0 Å². The van der Waals surface area contributed by atoms with Crippen LogP contribution in [0.4, 0.5) is 5.82 Å². The first-order valence-electron chi connectivity index (χ1n) is 8.90. The minimum absolute atomic E-state index is 0.100. The third-order valence-electron chi connectivity index (χ3n) is 4.29. The summed E-state index contributed by atoms with van der Waals surface area (Å²) in [5, 5.41) is 0. The van der Waals surface area contributed by atoms with E-state index in [9.17, 15) is 8.42 Å². The van der Waals surface area contributed by atoms with Gasteiger partial charge in [-0.15, -0.1) is 0 Å². The van der Waals surface area contributed by atoms with Gasteiger partial charge in [-0.25, -0.2) is 18.4 Å². The van der Waals surface area contributed by atoms with E-state index in [0.29, 0.717) is 17.6 Å². The first-order valence-corrected chi connectivity index (χ1v) is 10.4. The number of ether oxygens (including phenoxy) is 1. The molecule has 0 aliphatic carbocycles. The average Bonchev–Trinajstić information content (AvgIpc) is 2.64. The van der Waals surface area contributed by atoms with Crippen molar-refractivity contribution in [1.29, 1.82) is 0 Å². The van der Waals surface area contributed by atoms with Gasteiger partial charge in [0.1, 0.15) is 0 Å². The second kappa shape index (κ2) is 7.92. The van der Waals surface area contributed by atoms with E-state index in [-0.39, 0.29) is 16.6 Å². The Morgan fingerprint density at radius 1 is 1.00 bits per heavy atom. The van der Waals surface area contributed by atoms with E-state index in [4.69, 9.17) is 4.74 Å². The zero-order chi connectivity index (χ0) is 19.4. The lowest BCUT2D eigenvalue weighted by molar-refractivity contribution is 0.299. The third kappa shape index (κ3) is 4.36. The van der Waals surface area contributed by atoms with Crippen molar-refractivity contribution in [3.8, 4) is 5.88 Å². The number of fused-ring (bicyclic) bond motifs is 1. The van der Waals surface area contributed by atoms with Gasteiger partial charge >= 0.3 is 0 Å². The van der Waals surface area contributed by atoms with Gasteiger partial charge in [-0.3, -0.25) is 4.72 Å². The van der Waals surface area contributed by atoms with Crippen LogP contribution in [0.1, 0.15) is 30.9 Å². The Hall–Kier alpha value is -2.67. The summed E-state index contributed by atoms with van der Waals surface area (Å²) in [6, 6.07) is 12.3. The number of nitrogens with zero attached hydrogens (tertiary/aromatic N) is 2. The molecule has 0 atom stereocenters. The highest BCUT2D eigenvalue weighted by Crippen LogP contribution is 2.26. The second-order valence-electron chi connectivity index (χ2n) is 6.42. The summed E-state index contributed by atoms with van der Waals surface area (Å²) in [6.45, 7) is 6.32. The number of rotatable bonds is 7. The van der Waals surface area contributed by atoms with Crippen LogP contribution < -0.4 is 9.46 Å². The monoisotopic (exact) mass is 385 g/mol. The van der Waals surface area contributed by atoms with Crippen LogP contribution in [0, 0.1) is 13.8 Å². The molecule has 0 unspecified atom stereocenters. The summed E-state index contributed by atoms with van der Waals surface area (Å²) in [7, 11) is -3.81. The van der Waals surface area contributed by atoms with Crippen molar-refractivity contribution >= 4 is 26.9 Å². The summed E-state index contributed by atoms with van der Waals surface area (Å²) in [4.78, 5) is 9.05. The lowest BCUT2D eigenvalue weighted by atomic mass is 10.1. The number of aromatic nitrogens is 2. The smallest absolute Gasteiger partial charge is 0.263 e. The fourth-order valence-corrected chi connectivity index (χ4v) is 3.62. The maximum Gasteiger partial charge on any atom is 0.263 e.